The average molecular weight is 372 g/mol. The van der Waals surface area contributed by atoms with Gasteiger partial charge in [-0.25, -0.2) is 8.78 Å². The van der Waals surface area contributed by atoms with Crippen molar-refractivity contribution in [2.75, 3.05) is 39.3 Å². The lowest BCUT2D eigenvalue weighted by Crippen LogP contribution is -2.49. The van der Waals surface area contributed by atoms with Crippen LogP contribution in [-0.2, 0) is 4.79 Å². The van der Waals surface area contributed by atoms with E-state index in [2.05, 4.69) is 29.2 Å². The van der Waals surface area contributed by atoms with E-state index >= 15 is 0 Å². The number of carbonyl (C=O) groups is 1. The number of halogens is 2. The van der Waals surface area contributed by atoms with Crippen molar-refractivity contribution in [1.82, 2.24) is 9.80 Å². The fraction of sp³-hybridized carbons (Fsp3) is 0.286. The van der Waals surface area contributed by atoms with Gasteiger partial charge in [-0.05, 0) is 17.7 Å². The highest BCUT2D eigenvalue weighted by molar-refractivity contribution is 5.77. The summed E-state index contributed by atoms with van der Waals surface area (Å²) < 4.78 is 31.3. The van der Waals surface area contributed by atoms with E-state index in [0.29, 0.717) is 13.1 Å². The number of hydrogen-bond donors (Lipinski definition) is 0. The van der Waals surface area contributed by atoms with Gasteiger partial charge >= 0.3 is 0 Å². The molecule has 142 valence electrons. The predicted molar refractivity (Wildman–Crippen MR) is 100 cm³/mol. The lowest BCUT2D eigenvalue weighted by Gasteiger charge is -2.34. The molecule has 0 unspecified atom stereocenters. The summed E-state index contributed by atoms with van der Waals surface area (Å²) >= 11 is 0. The zero-order chi connectivity index (χ0) is 19.1. The van der Waals surface area contributed by atoms with Crippen molar-refractivity contribution in [3.05, 3.63) is 71.8 Å². The first-order valence-corrected chi connectivity index (χ1v) is 8.91. The van der Waals surface area contributed by atoms with Gasteiger partial charge in [0.15, 0.2) is 18.2 Å². The van der Waals surface area contributed by atoms with Crippen LogP contribution in [0.15, 0.2) is 54.6 Å². The fourth-order valence-electron chi connectivity index (χ4n) is 2.88. The van der Waals surface area contributed by atoms with E-state index in [1.807, 2.05) is 18.2 Å². The third-order valence-corrected chi connectivity index (χ3v) is 4.45. The number of carbonyl (C=O) groups excluding carboxylic acids is 1. The summed E-state index contributed by atoms with van der Waals surface area (Å²) in [7, 11) is 0. The summed E-state index contributed by atoms with van der Waals surface area (Å²) in [5.41, 5.74) is 1.17. The highest BCUT2D eigenvalue weighted by atomic mass is 19.2. The minimum Gasteiger partial charge on any atom is -0.484 e. The molecule has 1 saturated heterocycles. The lowest BCUT2D eigenvalue weighted by molar-refractivity contribution is -0.135. The molecule has 3 rings (SSSR count). The Bertz CT molecular complexity index is 788. The Balaban J connectivity index is 1.39. The van der Waals surface area contributed by atoms with Gasteiger partial charge in [-0.15, -0.1) is 0 Å². The topological polar surface area (TPSA) is 32.8 Å². The van der Waals surface area contributed by atoms with Crippen LogP contribution in [0.5, 0.6) is 5.75 Å². The van der Waals surface area contributed by atoms with Gasteiger partial charge in [0, 0.05) is 38.8 Å². The first-order valence-electron chi connectivity index (χ1n) is 8.91. The minimum atomic E-state index is -0.989. The maximum Gasteiger partial charge on any atom is 0.260 e. The van der Waals surface area contributed by atoms with Crippen molar-refractivity contribution in [2.45, 2.75) is 0 Å². The third kappa shape index (κ3) is 5.62. The van der Waals surface area contributed by atoms with E-state index in [4.69, 9.17) is 4.74 Å². The van der Waals surface area contributed by atoms with Crippen LogP contribution in [0.3, 0.4) is 0 Å². The molecule has 1 heterocycles. The van der Waals surface area contributed by atoms with Gasteiger partial charge in [0.1, 0.15) is 5.75 Å². The monoisotopic (exact) mass is 372 g/mol. The molecule has 0 radical (unpaired) electrons. The highest BCUT2D eigenvalue weighted by Gasteiger charge is 2.20. The smallest absolute Gasteiger partial charge is 0.260 e. The minimum absolute atomic E-state index is 0.145. The van der Waals surface area contributed by atoms with Crippen LogP contribution < -0.4 is 4.74 Å². The molecule has 6 heteroatoms. The molecule has 0 aliphatic carbocycles. The molecule has 1 aliphatic rings. The number of piperazine rings is 1. The molecule has 2 aromatic carbocycles. The molecule has 0 aromatic heterocycles. The van der Waals surface area contributed by atoms with Gasteiger partial charge in [0.25, 0.3) is 5.91 Å². The van der Waals surface area contributed by atoms with Gasteiger partial charge in [-0.1, -0.05) is 42.5 Å². The summed E-state index contributed by atoms with van der Waals surface area (Å²) in [5.74, 6) is -1.94. The van der Waals surface area contributed by atoms with E-state index in [1.165, 1.54) is 11.6 Å². The molecule has 0 saturated carbocycles. The van der Waals surface area contributed by atoms with Crippen LogP contribution in [0.4, 0.5) is 8.78 Å². The average Bonchev–Trinajstić information content (AvgIpc) is 2.70. The Kier molecular flexibility index (Phi) is 6.54. The van der Waals surface area contributed by atoms with Crippen LogP contribution >= 0.6 is 0 Å². The van der Waals surface area contributed by atoms with E-state index < -0.39 is 11.6 Å². The summed E-state index contributed by atoms with van der Waals surface area (Å²) in [6.07, 6.45) is 4.21. The van der Waals surface area contributed by atoms with Crippen molar-refractivity contribution in [2.24, 2.45) is 0 Å². The molecule has 1 amide bonds. The first-order chi connectivity index (χ1) is 13.1. The zero-order valence-electron chi connectivity index (χ0n) is 15.0. The Labute approximate surface area is 157 Å². The number of ether oxygens (including phenoxy) is 1. The molecule has 2 aromatic rings. The van der Waals surface area contributed by atoms with Gasteiger partial charge in [0.2, 0.25) is 0 Å². The number of rotatable bonds is 6. The first kappa shape index (κ1) is 19.0. The number of nitrogens with zero attached hydrogens (tertiary/aromatic N) is 2. The second-order valence-corrected chi connectivity index (χ2v) is 6.36. The highest BCUT2D eigenvalue weighted by Crippen LogP contribution is 2.15. The summed E-state index contributed by atoms with van der Waals surface area (Å²) in [4.78, 5) is 16.2. The van der Waals surface area contributed by atoms with Crippen LogP contribution in [0.1, 0.15) is 5.56 Å². The number of amides is 1. The van der Waals surface area contributed by atoms with Crippen molar-refractivity contribution in [3.63, 3.8) is 0 Å². The fourth-order valence-corrected chi connectivity index (χ4v) is 2.88. The molecular weight excluding hydrogens is 350 g/mol. The van der Waals surface area contributed by atoms with Gasteiger partial charge in [0.05, 0.1) is 0 Å². The SMILES string of the molecule is O=C(COc1ccc(F)c(F)c1)N1CCN(C/C=C/c2ccccc2)CC1. The summed E-state index contributed by atoms with van der Waals surface area (Å²) in [5, 5.41) is 0. The van der Waals surface area contributed by atoms with Crippen molar-refractivity contribution in [3.8, 4) is 5.75 Å². The Morgan fingerprint density at radius 1 is 1.00 bits per heavy atom. The molecule has 4 nitrogen and oxygen atoms in total. The van der Waals surface area contributed by atoms with Crippen LogP contribution in [-0.4, -0.2) is 55.0 Å². The van der Waals surface area contributed by atoms with Crippen LogP contribution in [0.2, 0.25) is 0 Å². The van der Waals surface area contributed by atoms with Gasteiger partial charge in [-0.3, -0.25) is 9.69 Å². The molecule has 0 spiro atoms. The number of hydrogen-bond acceptors (Lipinski definition) is 3. The van der Waals surface area contributed by atoms with Gasteiger partial charge < -0.3 is 9.64 Å². The van der Waals surface area contributed by atoms with E-state index in [9.17, 15) is 13.6 Å². The molecule has 27 heavy (non-hydrogen) atoms. The largest absolute Gasteiger partial charge is 0.484 e. The number of benzene rings is 2. The standard InChI is InChI=1S/C21H22F2N2O2/c22-19-9-8-18(15-20(19)23)27-16-21(26)25-13-11-24(12-14-25)10-4-7-17-5-2-1-3-6-17/h1-9,15H,10-14,16H2/b7-4+. The van der Waals surface area contributed by atoms with Crippen molar-refractivity contribution < 1.29 is 18.3 Å². The second-order valence-electron chi connectivity index (χ2n) is 6.36. The third-order valence-electron chi connectivity index (χ3n) is 4.45. The van der Waals surface area contributed by atoms with E-state index in [0.717, 1.165) is 31.8 Å². The second kappa shape index (κ2) is 9.28. The van der Waals surface area contributed by atoms with Gasteiger partial charge in [-0.2, -0.15) is 0 Å². The zero-order valence-corrected chi connectivity index (χ0v) is 15.0. The summed E-state index contributed by atoms with van der Waals surface area (Å²) in [6, 6.07) is 13.3. The summed E-state index contributed by atoms with van der Waals surface area (Å²) in [6.45, 7) is 3.48. The molecule has 0 bridgehead atoms. The predicted octanol–water partition coefficient (Wildman–Crippen LogP) is 3.20. The Morgan fingerprint density at radius 3 is 2.44 bits per heavy atom. The maximum atomic E-state index is 13.2. The molecule has 1 aliphatic heterocycles. The van der Waals surface area contributed by atoms with Crippen LogP contribution in [0.25, 0.3) is 6.08 Å². The quantitative estimate of drug-likeness (QED) is 0.781. The van der Waals surface area contributed by atoms with E-state index in [-0.39, 0.29) is 18.3 Å². The van der Waals surface area contributed by atoms with Crippen molar-refractivity contribution >= 4 is 12.0 Å². The van der Waals surface area contributed by atoms with E-state index in [1.54, 1.807) is 4.90 Å². The lowest BCUT2D eigenvalue weighted by atomic mass is 10.2. The molecule has 0 atom stereocenters. The Morgan fingerprint density at radius 2 is 1.74 bits per heavy atom. The Hall–Kier alpha value is -2.73. The van der Waals surface area contributed by atoms with Crippen molar-refractivity contribution in [1.29, 1.82) is 0 Å². The van der Waals surface area contributed by atoms with Crippen LogP contribution in [0, 0.1) is 11.6 Å². The maximum absolute atomic E-state index is 13.2. The normalized spacial score (nSPS) is 15.3. The molecule has 1 fully saturated rings. The molecular formula is C21H22F2N2O2. The molecule has 0 N–H and O–H groups in total.